The maximum atomic E-state index is 5.77. The van der Waals surface area contributed by atoms with Gasteiger partial charge in [0.25, 0.3) is 0 Å². The van der Waals surface area contributed by atoms with E-state index in [1.54, 1.807) is 0 Å². The van der Waals surface area contributed by atoms with Crippen molar-refractivity contribution in [3.05, 3.63) is 40.4 Å². The molecule has 1 heterocycles. The Morgan fingerprint density at radius 1 is 1.24 bits per heavy atom. The van der Waals surface area contributed by atoms with Crippen molar-refractivity contribution < 1.29 is 0 Å². The molecule has 88 valence electrons. The molecule has 1 fully saturated rings. The van der Waals surface area contributed by atoms with E-state index in [9.17, 15) is 0 Å². The number of hydrogen-bond acceptors (Lipinski definition) is 4. The first-order valence-electron chi connectivity index (χ1n) is 5.57. The van der Waals surface area contributed by atoms with E-state index in [4.69, 9.17) is 11.6 Å². The molecule has 1 aromatic carbocycles. The fourth-order valence-corrected chi connectivity index (χ4v) is 2.81. The minimum atomic E-state index is 0.171. The van der Waals surface area contributed by atoms with E-state index in [0.29, 0.717) is 4.47 Å². The summed E-state index contributed by atoms with van der Waals surface area (Å²) in [6.07, 6.45) is 3.39. The minimum absolute atomic E-state index is 0.171. The van der Waals surface area contributed by atoms with Gasteiger partial charge in [0, 0.05) is 5.54 Å². The average Bonchev–Trinajstić information content (AvgIpc) is 2.94. The van der Waals surface area contributed by atoms with Crippen molar-refractivity contribution in [3.63, 3.8) is 0 Å². The van der Waals surface area contributed by atoms with Crippen LogP contribution in [0.3, 0.4) is 0 Å². The van der Waals surface area contributed by atoms with Crippen LogP contribution in [0.15, 0.2) is 30.3 Å². The van der Waals surface area contributed by atoms with Crippen molar-refractivity contribution in [1.82, 2.24) is 10.2 Å². The van der Waals surface area contributed by atoms with Gasteiger partial charge >= 0.3 is 0 Å². The van der Waals surface area contributed by atoms with E-state index in [-0.39, 0.29) is 5.54 Å². The van der Waals surface area contributed by atoms with Gasteiger partial charge in [0.15, 0.2) is 0 Å². The Morgan fingerprint density at radius 2 is 2.00 bits per heavy atom. The van der Waals surface area contributed by atoms with Gasteiger partial charge in [-0.15, -0.1) is 10.2 Å². The molecule has 0 radical (unpaired) electrons. The second kappa shape index (κ2) is 4.27. The fourth-order valence-electron chi connectivity index (χ4n) is 1.97. The number of anilines is 1. The second-order valence-corrected chi connectivity index (χ2v) is 5.99. The van der Waals surface area contributed by atoms with Crippen molar-refractivity contribution in [2.75, 3.05) is 5.32 Å². The van der Waals surface area contributed by atoms with Crippen LogP contribution in [0, 0.1) is 0 Å². The predicted molar refractivity (Wildman–Crippen MR) is 70.7 cm³/mol. The van der Waals surface area contributed by atoms with E-state index in [1.807, 2.05) is 6.07 Å². The molecule has 1 aromatic heterocycles. The zero-order valence-electron chi connectivity index (χ0n) is 9.19. The second-order valence-electron chi connectivity index (χ2n) is 4.43. The van der Waals surface area contributed by atoms with E-state index >= 15 is 0 Å². The van der Waals surface area contributed by atoms with Gasteiger partial charge in [0.05, 0.1) is 0 Å². The molecule has 1 N–H and O–H groups in total. The summed E-state index contributed by atoms with van der Waals surface area (Å²) in [6, 6.07) is 10.5. The highest BCUT2D eigenvalue weighted by Crippen LogP contribution is 2.42. The van der Waals surface area contributed by atoms with Gasteiger partial charge in [-0.1, -0.05) is 41.7 Å². The number of nitrogens with one attached hydrogen (secondary N) is 1. The van der Waals surface area contributed by atoms with E-state index in [0.717, 1.165) is 11.6 Å². The lowest BCUT2D eigenvalue weighted by Crippen LogP contribution is -2.23. The number of benzene rings is 1. The van der Waals surface area contributed by atoms with Crippen molar-refractivity contribution in [2.24, 2.45) is 0 Å². The minimum Gasteiger partial charge on any atom is -0.354 e. The normalized spacial score (nSPS) is 16.8. The smallest absolute Gasteiger partial charge is 0.208 e. The molecule has 1 saturated carbocycles. The molecule has 0 atom stereocenters. The zero-order chi connectivity index (χ0) is 11.7. The number of aromatic nitrogens is 2. The molecule has 5 heteroatoms. The average molecular weight is 266 g/mol. The molecule has 0 amide bonds. The van der Waals surface area contributed by atoms with E-state index in [2.05, 4.69) is 39.8 Å². The maximum absolute atomic E-state index is 5.77. The van der Waals surface area contributed by atoms with Gasteiger partial charge < -0.3 is 5.32 Å². The largest absolute Gasteiger partial charge is 0.354 e. The lowest BCUT2D eigenvalue weighted by Gasteiger charge is -2.16. The number of rotatable bonds is 4. The van der Waals surface area contributed by atoms with Crippen LogP contribution in [0.2, 0.25) is 4.47 Å². The summed E-state index contributed by atoms with van der Waals surface area (Å²) in [6.45, 7) is 0. The summed E-state index contributed by atoms with van der Waals surface area (Å²) < 4.78 is 0.489. The van der Waals surface area contributed by atoms with E-state index < -0.39 is 0 Å². The lowest BCUT2D eigenvalue weighted by molar-refractivity contribution is 0.723. The summed E-state index contributed by atoms with van der Waals surface area (Å²) in [5.41, 5.74) is 1.53. The molecule has 2 aromatic rings. The van der Waals surface area contributed by atoms with Crippen LogP contribution in [0.4, 0.5) is 5.13 Å². The third-order valence-electron chi connectivity index (χ3n) is 3.01. The Morgan fingerprint density at radius 3 is 2.59 bits per heavy atom. The monoisotopic (exact) mass is 265 g/mol. The van der Waals surface area contributed by atoms with Gasteiger partial charge in [-0.05, 0) is 36.4 Å². The van der Waals surface area contributed by atoms with Crippen molar-refractivity contribution >= 4 is 28.1 Å². The number of hydrogen-bond donors (Lipinski definition) is 1. The number of halogens is 1. The van der Waals surface area contributed by atoms with Crippen molar-refractivity contribution in [1.29, 1.82) is 0 Å². The van der Waals surface area contributed by atoms with Crippen LogP contribution in [-0.2, 0) is 6.42 Å². The van der Waals surface area contributed by atoms with Crippen LogP contribution >= 0.6 is 22.9 Å². The summed E-state index contributed by atoms with van der Waals surface area (Å²) in [4.78, 5) is 0. The first-order chi connectivity index (χ1) is 8.26. The molecule has 0 saturated heterocycles. The molecule has 0 spiro atoms. The molecule has 0 aliphatic heterocycles. The summed E-state index contributed by atoms with van der Waals surface area (Å²) >= 11 is 7.17. The van der Waals surface area contributed by atoms with Gasteiger partial charge in [-0.2, -0.15) is 0 Å². The fraction of sp³-hybridized carbons (Fsp3) is 0.333. The predicted octanol–water partition coefficient (Wildman–Crippen LogP) is 3.38. The Balaban J connectivity index is 1.70. The van der Waals surface area contributed by atoms with Gasteiger partial charge in [0.2, 0.25) is 9.60 Å². The summed E-state index contributed by atoms with van der Waals surface area (Å²) in [5, 5.41) is 12.1. The quantitative estimate of drug-likeness (QED) is 0.921. The molecule has 1 aliphatic carbocycles. The van der Waals surface area contributed by atoms with Gasteiger partial charge in [0.1, 0.15) is 0 Å². The summed E-state index contributed by atoms with van der Waals surface area (Å²) in [7, 11) is 0. The van der Waals surface area contributed by atoms with Crippen LogP contribution in [0.1, 0.15) is 18.4 Å². The maximum Gasteiger partial charge on any atom is 0.208 e. The van der Waals surface area contributed by atoms with E-state index in [1.165, 1.54) is 29.7 Å². The number of nitrogens with zero attached hydrogens (tertiary/aromatic N) is 2. The third kappa shape index (κ3) is 2.58. The van der Waals surface area contributed by atoms with Crippen LogP contribution < -0.4 is 5.32 Å². The van der Waals surface area contributed by atoms with Crippen molar-refractivity contribution in [3.8, 4) is 0 Å². The molecule has 1 aliphatic rings. The standard InChI is InChI=1S/C12H12ClN3S/c13-10-15-16-11(17-10)14-12(6-7-12)8-9-4-2-1-3-5-9/h1-5H,6-8H2,(H,14,16). The highest BCUT2D eigenvalue weighted by Gasteiger charge is 2.43. The van der Waals surface area contributed by atoms with Gasteiger partial charge in [-0.3, -0.25) is 0 Å². The molecule has 3 nitrogen and oxygen atoms in total. The molecule has 0 bridgehead atoms. The highest BCUT2D eigenvalue weighted by atomic mass is 35.5. The zero-order valence-corrected chi connectivity index (χ0v) is 10.8. The highest BCUT2D eigenvalue weighted by molar-refractivity contribution is 7.19. The Hall–Kier alpha value is -1.13. The molecular weight excluding hydrogens is 254 g/mol. The van der Waals surface area contributed by atoms with Gasteiger partial charge in [-0.25, -0.2) is 0 Å². The van der Waals surface area contributed by atoms with Crippen LogP contribution in [0.5, 0.6) is 0 Å². The topological polar surface area (TPSA) is 37.8 Å². The molecular formula is C12H12ClN3S. The first kappa shape index (κ1) is 11.0. The molecule has 0 unspecified atom stereocenters. The molecule has 17 heavy (non-hydrogen) atoms. The van der Waals surface area contributed by atoms with Crippen molar-refractivity contribution in [2.45, 2.75) is 24.8 Å². The first-order valence-corrected chi connectivity index (χ1v) is 6.76. The Labute approximate surface area is 109 Å². The summed E-state index contributed by atoms with van der Waals surface area (Å²) in [5.74, 6) is 0. The Kier molecular flexibility index (Phi) is 2.76. The third-order valence-corrected chi connectivity index (χ3v) is 3.95. The lowest BCUT2D eigenvalue weighted by atomic mass is 10.0. The van der Waals surface area contributed by atoms with Crippen LogP contribution in [-0.4, -0.2) is 15.7 Å². The molecule has 3 rings (SSSR count). The Bertz CT molecular complexity index is 507. The SMILES string of the molecule is Clc1nnc(NC2(Cc3ccccc3)CC2)s1. The van der Waals surface area contributed by atoms with Crippen LogP contribution in [0.25, 0.3) is 0 Å².